The van der Waals surface area contributed by atoms with Crippen molar-refractivity contribution in [2.24, 2.45) is 0 Å². The number of nitrogens with zero attached hydrogens (tertiary/aromatic N) is 2. The van der Waals surface area contributed by atoms with Crippen LogP contribution in [0.25, 0.3) is 0 Å². The van der Waals surface area contributed by atoms with Gasteiger partial charge < -0.3 is 9.88 Å². The Morgan fingerprint density at radius 2 is 2.11 bits per heavy atom. The van der Waals surface area contributed by atoms with E-state index in [0.717, 1.165) is 6.07 Å². The van der Waals surface area contributed by atoms with Gasteiger partial charge in [0, 0.05) is 30.1 Å². The molecule has 0 fully saturated rings. The predicted octanol–water partition coefficient (Wildman–Crippen LogP) is 3.03. The van der Waals surface area contributed by atoms with E-state index in [1.807, 2.05) is 13.8 Å². The topological polar surface area (TPSA) is 29.9 Å². The summed E-state index contributed by atoms with van der Waals surface area (Å²) in [6, 6.07) is 3.83. The summed E-state index contributed by atoms with van der Waals surface area (Å²) in [6.07, 6.45) is 3.40. The Balaban J connectivity index is 2.21. The maximum atomic E-state index is 13.5. The van der Waals surface area contributed by atoms with Gasteiger partial charge in [-0.3, -0.25) is 0 Å². The lowest BCUT2D eigenvalue weighted by molar-refractivity contribution is 0.566. The molecule has 5 heteroatoms. The number of hydrogen-bond donors (Lipinski definition) is 1. The lowest BCUT2D eigenvalue weighted by atomic mass is 10.2. The Hall–Kier alpha value is -1.91. The highest BCUT2D eigenvalue weighted by Gasteiger charge is 2.08. The minimum Gasteiger partial charge on any atom is -0.353 e. The predicted molar refractivity (Wildman–Crippen MR) is 66.4 cm³/mol. The van der Waals surface area contributed by atoms with E-state index in [9.17, 15) is 8.78 Å². The quantitative estimate of drug-likeness (QED) is 0.905. The first-order valence-corrected chi connectivity index (χ1v) is 5.78. The Morgan fingerprint density at radius 3 is 2.78 bits per heavy atom. The zero-order valence-electron chi connectivity index (χ0n) is 10.3. The van der Waals surface area contributed by atoms with Crippen molar-refractivity contribution in [3.05, 3.63) is 47.8 Å². The molecule has 0 aliphatic rings. The van der Waals surface area contributed by atoms with Gasteiger partial charge in [-0.05, 0) is 19.9 Å². The molecule has 0 amide bonds. The molecule has 2 aromatic rings. The molecule has 0 saturated carbocycles. The van der Waals surface area contributed by atoms with Gasteiger partial charge in [-0.25, -0.2) is 13.8 Å². The first-order valence-electron chi connectivity index (χ1n) is 5.78. The maximum absolute atomic E-state index is 13.5. The van der Waals surface area contributed by atoms with Crippen molar-refractivity contribution >= 4 is 5.95 Å². The van der Waals surface area contributed by atoms with Crippen molar-refractivity contribution in [2.45, 2.75) is 26.4 Å². The van der Waals surface area contributed by atoms with E-state index in [-0.39, 0.29) is 6.04 Å². The summed E-state index contributed by atoms with van der Waals surface area (Å²) in [5.74, 6) is -0.435. The molecule has 0 unspecified atom stereocenters. The minimum atomic E-state index is -0.567. The molecule has 1 aromatic carbocycles. The molecule has 18 heavy (non-hydrogen) atoms. The molecule has 1 heterocycles. The van der Waals surface area contributed by atoms with Crippen molar-refractivity contribution in [1.29, 1.82) is 0 Å². The van der Waals surface area contributed by atoms with Crippen molar-refractivity contribution < 1.29 is 8.78 Å². The maximum Gasteiger partial charge on any atom is 0.203 e. The van der Waals surface area contributed by atoms with Gasteiger partial charge >= 0.3 is 0 Å². The molecule has 0 spiro atoms. The second kappa shape index (κ2) is 5.16. The van der Waals surface area contributed by atoms with E-state index in [2.05, 4.69) is 10.3 Å². The average molecular weight is 251 g/mol. The van der Waals surface area contributed by atoms with E-state index >= 15 is 0 Å². The molecule has 3 nitrogen and oxygen atoms in total. The number of hydrogen-bond acceptors (Lipinski definition) is 2. The van der Waals surface area contributed by atoms with Crippen LogP contribution in [0.4, 0.5) is 14.7 Å². The second-order valence-corrected chi connectivity index (χ2v) is 4.41. The van der Waals surface area contributed by atoms with Gasteiger partial charge in [0.25, 0.3) is 0 Å². The molecule has 96 valence electrons. The fourth-order valence-corrected chi connectivity index (χ4v) is 1.67. The third-order valence-electron chi connectivity index (χ3n) is 2.49. The molecule has 1 N–H and O–H groups in total. The van der Waals surface area contributed by atoms with Gasteiger partial charge in [-0.1, -0.05) is 6.07 Å². The summed E-state index contributed by atoms with van der Waals surface area (Å²) in [7, 11) is 0. The van der Waals surface area contributed by atoms with Gasteiger partial charge in [0.1, 0.15) is 11.6 Å². The Labute approximate surface area is 104 Å². The van der Waals surface area contributed by atoms with Crippen LogP contribution in [0.1, 0.15) is 19.4 Å². The van der Waals surface area contributed by atoms with Crippen molar-refractivity contribution in [1.82, 2.24) is 9.55 Å². The molecule has 1 aromatic heterocycles. The van der Waals surface area contributed by atoms with Crippen LogP contribution in [-0.2, 0) is 6.54 Å². The number of anilines is 1. The highest BCUT2D eigenvalue weighted by Crippen LogP contribution is 2.14. The molecular formula is C13H15F2N3. The molecule has 0 aliphatic carbocycles. The van der Waals surface area contributed by atoms with Crippen molar-refractivity contribution in [3.63, 3.8) is 0 Å². The molecular weight excluding hydrogens is 236 g/mol. The minimum absolute atomic E-state index is 0.240. The fourth-order valence-electron chi connectivity index (χ4n) is 1.67. The number of rotatable bonds is 4. The average Bonchev–Trinajstić information content (AvgIpc) is 2.69. The van der Waals surface area contributed by atoms with Gasteiger partial charge in [0.05, 0.1) is 6.54 Å². The van der Waals surface area contributed by atoms with Crippen LogP contribution in [0.3, 0.4) is 0 Å². The Morgan fingerprint density at radius 1 is 1.33 bits per heavy atom. The highest BCUT2D eigenvalue weighted by molar-refractivity contribution is 5.29. The number of halogens is 2. The molecule has 2 rings (SSSR count). The summed E-state index contributed by atoms with van der Waals surface area (Å²) >= 11 is 0. The Bertz CT molecular complexity index is 535. The second-order valence-electron chi connectivity index (χ2n) is 4.41. The lowest BCUT2D eigenvalue weighted by Crippen LogP contribution is -2.15. The van der Waals surface area contributed by atoms with E-state index in [0.29, 0.717) is 18.1 Å². The zero-order chi connectivity index (χ0) is 13.1. The normalized spacial score (nSPS) is 10.9. The van der Waals surface area contributed by atoms with E-state index in [1.165, 1.54) is 12.1 Å². The van der Waals surface area contributed by atoms with Crippen LogP contribution in [0.15, 0.2) is 30.6 Å². The summed E-state index contributed by atoms with van der Waals surface area (Å²) in [6.45, 7) is 4.32. The molecule has 0 radical (unpaired) electrons. The number of nitrogens with one attached hydrogen (secondary N) is 1. The number of benzene rings is 1. The largest absolute Gasteiger partial charge is 0.353 e. The van der Waals surface area contributed by atoms with Gasteiger partial charge in [0.2, 0.25) is 5.95 Å². The molecule has 0 atom stereocenters. The fraction of sp³-hybridized carbons (Fsp3) is 0.308. The van der Waals surface area contributed by atoms with Crippen LogP contribution in [0.5, 0.6) is 0 Å². The highest BCUT2D eigenvalue weighted by atomic mass is 19.1. The van der Waals surface area contributed by atoms with E-state index in [4.69, 9.17) is 0 Å². The first kappa shape index (κ1) is 12.5. The third kappa shape index (κ3) is 2.85. The third-order valence-corrected chi connectivity index (χ3v) is 2.49. The van der Waals surface area contributed by atoms with Gasteiger partial charge in [-0.15, -0.1) is 0 Å². The van der Waals surface area contributed by atoms with Crippen molar-refractivity contribution in [3.8, 4) is 0 Å². The summed E-state index contributed by atoms with van der Waals surface area (Å²) < 4.78 is 28.1. The SMILES string of the molecule is CC(C)Nc1nccn1Cc1ccc(F)cc1F. The smallest absolute Gasteiger partial charge is 0.203 e. The van der Waals surface area contributed by atoms with Crippen LogP contribution >= 0.6 is 0 Å². The van der Waals surface area contributed by atoms with E-state index in [1.54, 1.807) is 17.0 Å². The van der Waals surface area contributed by atoms with Crippen LogP contribution in [-0.4, -0.2) is 15.6 Å². The van der Waals surface area contributed by atoms with E-state index < -0.39 is 11.6 Å². The molecule has 0 aliphatic heterocycles. The summed E-state index contributed by atoms with van der Waals surface area (Å²) in [5, 5.41) is 3.16. The summed E-state index contributed by atoms with van der Waals surface area (Å²) in [4.78, 5) is 4.16. The van der Waals surface area contributed by atoms with Gasteiger partial charge in [-0.2, -0.15) is 0 Å². The number of imidazole rings is 1. The van der Waals surface area contributed by atoms with Crippen molar-refractivity contribution in [2.75, 3.05) is 5.32 Å². The number of aromatic nitrogens is 2. The zero-order valence-corrected chi connectivity index (χ0v) is 10.3. The Kier molecular flexibility index (Phi) is 3.60. The van der Waals surface area contributed by atoms with Crippen LogP contribution in [0.2, 0.25) is 0 Å². The lowest BCUT2D eigenvalue weighted by Gasteiger charge is -2.12. The van der Waals surface area contributed by atoms with Crippen LogP contribution < -0.4 is 5.32 Å². The molecule has 0 bridgehead atoms. The van der Waals surface area contributed by atoms with Gasteiger partial charge in [0.15, 0.2) is 0 Å². The first-order chi connectivity index (χ1) is 8.56. The summed E-state index contributed by atoms with van der Waals surface area (Å²) in [5.41, 5.74) is 0.432. The standard InChI is InChI=1S/C13H15F2N3/c1-9(2)17-13-16-5-6-18(13)8-10-3-4-11(14)7-12(10)15/h3-7,9H,8H2,1-2H3,(H,16,17). The van der Waals surface area contributed by atoms with Crippen LogP contribution in [0, 0.1) is 11.6 Å². The molecule has 0 saturated heterocycles. The monoisotopic (exact) mass is 251 g/mol.